The summed E-state index contributed by atoms with van der Waals surface area (Å²) in [5.74, 6) is 0.246. The first kappa shape index (κ1) is 19.1. The van der Waals surface area contributed by atoms with Crippen LogP contribution < -0.4 is 0 Å². The largest absolute Gasteiger partial charge is 0.373 e. The summed E-state index contributed by atoms with van der Waals surface area (Å²) in [6.45, 7) is 15.5. The topological polar surface area (TPSA) is 29.5 Å². The predicted octanol–water partition coefficient (Wildman–Crippen LogP) is 4.30. The van der Waals surface area contributed by atoms with Crippen LogP contribution in [0.3, 0.4) is 0 Å². The first-order valence-corrected chi connectivity index (χ1v) is 9.25. The fourth-order valence-corrected chi connectivity index (χ4v) is 3.48. The molecule has 1 saturated heterocycles. The number of benzene rings is 1. The third-order valence-electron chi connectivity index (χ3n) is 5.31. The van der Waals surface area contributed by atoms with Gasteiger partial charge in [-0.15, -0.1) is 0 Å². The highest BCUT2D eigenvalue weighted by Gasteiger charge is 2.26. The highest BCUT2D eigenvalue weighted by Crippen LogP contribution is 2.27. The van der Waals surface area contributed by atoms with Crippen LogP contribution in [0.1, 0.15) is 63.9 Å². The van der Waals surface area contributed by atoms with Crippen LogP contribution in [0.2, 0.25) is 0 Å². The van der Waals surface area contributed by atoms with Crippen LogP contribution >= 0.6 is 0 Å². The van der Waals surface area contributed by atoms with E-state index >= 15 is 0 Å². The van der Waals surface area contributed by atoms with E-state index in [1.807, 2.05) is 19.1 Å². The van der Waals surface area contributed by atoms with Crippen molar-refractivity contribution in [2.75, 3.05) is 19.6 Å². The molecule has 0 amide bonds. The van der Waals surface area contributed by atoms with Crippen molar-refractivity contribution in [3.63, 3.8) is 0 Å². The molecule has 1 heterocycles. The summed E-state index contributed by atoms with van der Waals surface area (Å²) in [5.41, 5.74) is 2.28. The second kappa shape index (κ2) is 7.79. The normalized spacial score (nSPS) is 23.9. The van der Waals surface area contributed by atoms with Crippen molar-refractivity contribution in [2.45, 2.75) is 65.6 Å². The number of ketones is 1. The maximum atomic E-state index is 12.8. The van der Waals surface area contributed by atoms with E-state index in [0.29, 0.717) is 0 Å². The maximum absolute atomic E-state index is 12.8. The summed E-state index contributed by atoms with van der Waals surface area (Å²) in [5, 5.41) is 0. The van der Waals surface area contributed by atoms with E-state index in [1.54, 1.807) is 0 Å². The first-order chi connectivity index (χ1) is 11.2. The van der Waals surface area contributed by atoms with Crippen LogP contribution in [0, 0.1) is 5.92 Å². The molecular weight excluding hydrogens is 298 g/mol. The van der Waals surface area contributed by atoms with Crippen molar-refractivity contribution in [1.82, 2.24) is 4.90 Å². The van der Waals surface area contributed by atoms with Crippen LogP contribution in [0.4, 0.5) is 0 Å². The van der Waals surface area contributed by atoms with E-state index in [4.69, 9.17) is 4.74 Å². The Kier molecular flexibility index (Phi) is 6.22. The van der Waals surface area contributed by atoms with Crippen molar-refractivity contribution in [2.24, 2.45) is 5.92 Å². The Morgan fingerprint density at radius 1 is 1.21 bits per heavy atom. The number of carbonyl (C=O) groups excluding carboxylic acids is 1. The molecule has 2 rings (SSSR count). The number of nitrogens with zero attached hydrogens (tertiary/aromatic N) is 1. The first-order valence-electron chi connectivity index (χ1n) is 9.25. The Balaban J connectivity index is 2.00. The van der Waals surface area contributed by atoms with Crippen LogP contribution in [0.25, 0.3) is 0 Å². The third kappa shape index (κ3) is 4.67. The third-order valence-corrected chi connectivity index (χ3v) is 5.31. The zero-order valence-corrected chi connectivity index (χ0v) is 16.1. The molecule has 134 valence electrons. The fourth-order valence-electron chi connectivity index (χ4n) is 3.48. The maximum Gasteiger partial charge on any atom is 0.166 e. The summed E-state index contributed by atoms with van der Waals surface area (Å²) in [6, 6.07) is 8.22. The van der Waals surface area contributed by atoms with Gasteiger partial charge in [-0.3, -0.25) is 9.69 Å². The van der Waals surface area contributed by atoms with E-state index in [0.717, 1.165) is 31.6 Å². The molecule has 0 bridgehead atoms. The van der Waals surface area contributed by atoms with Crippen molar-refractivity contribution in [1.29, 1.82) is 0 Å². The molecule has 1 aliphatic heterocycles. The van der Waals surface area contributed by atoms with Gasteiger partial charge < -0.3 is 4.74 Å². The molecule has 0 aromatic heterocycles. The van der Waals surface area contributed by atoms with E-state index in [1.165, 1.54) is 5.56 Å². The van der Waals surface area contributed by atoms with Crippen molar-refractivity contribution in [3.05, 3.63) is 35.4 Å². The Labute approximate surface area is 147 Å². The van der Waals surface area contributed by atoms with E-state index in [-0.39, 0.29) is 29.3 Å². The molecule has 1 aromatic rings. The minimum Gasteiger partial charge on any atom is -0.373 e. The van der Waals surface area contributed by atoms with Gasteiger partial charge in [0.2, 0.25) is 0 Å². The lowest BCUT2D eigenvalue weighted by atomic mass is 9.81. The number of Topliss-reactive ketones (excluding diaryl/α,β-unsaturated/α-hetero) is 1. The lowest BCUT2D eigenvalue weighted by Crippen LogP contribution is -2.47. The lowest BCUT2D eigenvalue weighted by molar-refractivity contribution is -0.0700. The van der Waals surface area contributed by atoms with Crippen LogP contribution in [0.5, 0.6) is 0 Å². The summed E-state index contributed by atoms with van der Waals surface area (Å²) in [4.78, 5) is 15.1. The van der Waals surface area contributed by atoms with E-state index < -0.39 is 0 Å². The van der Waals surface area contributed by atoms with Gasteiger partial charge in [0.15, 0.2) is 5.78 Å². The fraction of sp³-hybridized carbons (Fsp3) is 0.667. The quantitative estimate of drug-likeness (QED) is 0.728. The molecule has 0 aliphatic carbocycles. The van der Waals surface area contributed by atoms with Crippen LogP contribution in [-0.4, -0.2) is 42.5 Å². The minimum absolute atomic E-state index is 0.00698. The van der Waals surface area contributed by atoms with Crippen molar-refractivity contribution < 1.29 is 9.53 Å². The molecule has 0 spiro atoms. The number of ether oxygens (including phenoxy) is 1. The van der Waals surface area contributed by atoms with Gasteiger partial charge in [-0.25, -0.2) is 0 Å². The van der Waals surface area contributed by atoms with Gasteiger partial charge in [0, 0.05) is 31.1 Å². The van der Waals surface area contributed by atoms with Gasteiger partial charge in [-0.05, 0) is 31.2 Å². The van der Waals surface area contributed by atoms with Gasteiger partial charge in [0.1, 0.15) is 0 Å². The van der Waals surface area contributed by atoms with Crippen molar-refractivity contribution in [3.8, 4) is 0 Å². The second-order valence-electron chi connectivity index (χ2n) is 8.06. The number of morpholine rings is 1. The molecule has 0 saturated carbocycles. The summed E-state index contributed by atoms with van der Waals surface area (Å²) in [7, 11) is 0. The second-order valence-corrected chi connectivity index (χ2v) is 8.06. The van der Waals surface area contributed by atoms with Gasteiger partial charge in [-0.2, -0.15) is 0 Å². The zero-order valence-electron chi connectivity index (χ0n) is 16.1. The van der Waals surface area contributed by atoms with Gasteiger partial charge in [-0.1, -0.05) is 52.0 Å². The predicted molar refractivity (Wildman–Crippen MR) is 99.7 cm³/mol. The standard InChI is InChI=1S/C21H33NO2/c1-7-21(5,6)19-10-8-18(9-11-19)20(23)15(2)12-22-13-16(3)24-17(4)14-22/h8-11,15-17H,7,12-14H2,1-6H3. The number of carbonyl (C=O) groups is 1. The summed E-state index contributed by atoms with van der Waals surface area (Å²) >= 11 is 0. The van der Waals surface area contributed by atoms with Gasteiger partial charge >= 0.3 is 0 Å². The Morgan fingerprint density at radius 2 is 1.75 bits per heavy atom. The molecule has 1 aromatic carbocycles. The number of hydrogen-bond donors (Lipinski definition) is 0. The Bertz CT molecular complexity index is 539. The number of hydrogen-bond acceptors (Lipinski definition) is 3. The molecule has 1 fully saturated rings. The lowest BCUT2D eigenvalue weighted by Gasteiger charge is -2.36. The Morgan fingerprint density at radius 3 is 2.25 bits per heavy atom. The van der Waals surface area contributed by atoms with Gasteiger partial charge in [0.05, 0.1) is 12.2 Å². The molecule has 0 radical (unpaired) electrons. The highest BCUT2D eigenvalue weighted by atomic mass is 16.5. The van der Waals surface area contributed by atoms with Crippen molar-refractivity contribution >= 4 is 5.78 Å². The molecule has 3 atom stereocenters. The number of rotatable bonds is 6. The monoisotopic (exact) mass is 331 g/mol. The molecular formula is C21H33NO2. The SMILES string of the molecule is CCC(C)(C)c1ccc(C(=O)C(C)CN2CC(C)OC(C)C2)cc1. The molecule has 0 N–H and O–H groups in total. The summed E-state index contributed by atoms with van der Waals surface area (Å²) in [6.07, 6.45) is 1.57. The van der Waals surface area contributed by atoms with Gasteiger partial charge in [0.25, 0.3) is 0 Å². The average Bonchev–Trinajstić information content (AvgIpc) is 2.53. The molecule has 24 heavy (non-hydrogen) atoms. The molecule has 3 unspecified atom stereocenters. The summed E-state index contributed by atoms with van der Waals surface area (Å²) < 4.78 is 5.77. The van der Waals surface area contributed by atoms with Crippen LogP contribution in [0.15, 0.2) is 24.3 Å². The zero-order chi connectivity index (χ0) is 17.9. The Hall–Kier alpha value is -1.19. The smallest absolute Gasteiger partial charge is 0.166 e. The highest BCUT2D eigenvalue weighted by molar-refractivity contribution is 5.97. The average molecular weight is 332 g/mol. The van der Waals surface area contributed by atoms with Crippen LogP contribution in [-0.2, 0) is 10.2 Å². The molecule has 3 nitrogen and oxygen atoms in total. The molecule has 1 aliphatic rings. The van der Waals surface area contributed by atoms with E-state index in [9.17, 15) is 4.79 Å². The van der Waals surface area contributed by atoms with E-state index in [2.05, 4.69) is 51.7 Å². The minimum atomic E-state index is 0.00698. The molecule has 3 heteroatoms.